The summed E-state index contributed by atoms with van der Waals surface area (Å²) in [6, 6.07) is 5.28. The lowest BCUT2D eigenvalue weighted by atomic mass is 10.1. The SMILES string of the molecule is CCCN(CC#N)C(=O)c1cc(Cl)nc(CC)c1. The van der Waals surface area contributed by atoms with Gasteiger partial charge in [0.25, 0.3) is 5.91 Å². The summed E-state index contributed by atoms with van der Waals surface area (Å²) in [5.74, 6) is -0.169. The van der Waals surface area contributed by atoms with Gasteiger partial charge in [0.1, 0.15) is 11.7 Å². The number of carbonyl (C=O) groups is 1. The zero-order valence-electron chi connectivity index (χ0n) is 10.6. The first-order valence-electron chi connectivity index (χ1n) is 5.95. The van der Waals surface area contributed by atoms with Crippen molar-refractivity contribution in [1.82, 2.24) is 9.88 Å². The molecule has 1 aromatic heterocycles. The summed E-state index contributed by atoms with van der Waals surface area (Å²) in [5, 5.41) is 9.04. The second kappa shape index (κ2) is 6.97. The Kier molecular flexibility index (Phi) is 5.60. The van der Waals surface area contributed by atoms with E-state index in [2.05, 4.69) is 4.98 Å². The number of hydrogen-bond donors (Lipinski definition) is 0. The van der Waals surface area contributed by atoms with Gasteiger partial charge < -0.3 is 4.90 Å². The van der Waals surface area contributed by atoms with Crippen molar-refractivity contribution in [3.05, 3.63) is 28.5 Å². The molecule has 0 atom stereocenters. The first-order valence-corrected chi connectivity index (χ1v) is 6.32. The van der Waals surface area contributed by atoms with Crippen molar-refractivity contribution in [3.63, 3.8) is 0 Å². The molecule has 18 heavy (non-hydrogen) atoms. The summed E-state index contributed by atoms with van der Waals surface area (Å²) >= 11 is 5.88. The smallest absolute Gasteiger partial charge is 0.254 e. The highest BCUT2D eigenvalue weighted by Crippen LogP contribution is 2.14. The number of nitrogens with zero attached hydrogens (tertiary/aromatic N) is 3. The lowest BCUT2D eigenvalue weighted by Gasteiger charge is -2.19. The predicted octanol–water partition coefficient (Wildman–Crippen LogP) is 2.67. The van der Waals surface area contributed by atoms with Crippen molar-refractivity contribution in [2.45, 2.75) is 26.7 Å². The van der Waals surface area contributed by atoms with E-state index in [0.29, 0.717) is 23.7 Å². The van der Waals surface area contributed by atoms with E-state index in [4.69, 9.17) is 16.9 Å². The molecule has 0 bridgehead atoms. The normalized spacial score (nSPS) is 9.89. The minimum atomic E-state index is -0.169. The predicted molar refractivity (Wildman–Crippen MR) is 70.4 cm³/mol. The molecule has 1 rings (SSSR count). The van der Waals surface area contributed by atoms with Crippen LogP contribution in [0.5, 0.6) is 0 Å². The van der Waals surface area contributed by atoms with E-state index in [0.717, 1.165) is 12.1 Å². The number of halogens is 1. The maximum atomic E-state index is 12.2. The van der Waals surface area contributed by atoms with Gasteiger partial charge in [0.05, 0.1) is 6.07 Å². The molecule has 4 nitrogen and oxygen atoms in total. The Morgan fingerprint density at radius 1 is 1.50 bits per heavy atom. The van der Waals surface area contributed by atoms with Crippen LogP contribution in [0, 0.1) is 11.3 Å². The molecular formula is C13H16ClN3O. The molecular weight excluding hydrogens is 250 g/mol. The third-order valence-corrected chi connectivity index (χ3v) is 2.69. The third-order valence-electron chi connectivity index (χ3n) is 2.50. The minimum absolute atomic E-state index is 0.0913. The van der Waals surface area contributed by atoms with E-state index in [9.17, 15) is 4.79 Å². The molecule has 1 amide bonds. The summed E-state index contributed by atoms with van der Waals surface area (Å²) in [5.41, 5.74) is 1.27. The molecule has 0 saturated heterocycles. The fourth-order valence-corrected chi connectivity index (χ4v) is 1.87. The molecule has 0 aliphatic carbocycles. The summed E-state index contributed by atoms with van der Waals surface area (Å²) in [6.45, 7) is 4.57. The fraction of sp³-hybridized carbons (Fsp3) is 0.462. The maximum Gasteiger partial charge on any atom is 0.254 e. The maximum absolute atomic E-state index is 12.2. The molecule has 0 aromatic carbocycles. The van der Waals surface area contributed by atoms with E-state index in [-0.39, 0.29) is 12.5 Å². The van der Waals surface area contributed by atoms with Gasteiger partial charge in [-0.25, -0.2) is 4.98 Å². The lowest BCUT2D eigenvalue weighted by Crippen LogP contribution is -2.32. The van der Waals surface area contributed by atoms with Crippen LogP contribution in [-0.2, 0) is 6.42 Å². The van der Waals surface area contributed by atoms with Gasteiger partial charge in [0.15, 0.2) is 0 Å². The molecule has 0 fully saturated rings. The van der Waals surface area contributed by atoms with Crippen molar-refractivity contribution in [3.8, 4) is 6.07 Å². The molecule has 96 valence electrons. The number of aryl methyl sites for hydroxylation is 1. The van der Waals surface area contributed by atoms with Crippen molar-refractivity contribution in [1.29, 1.82) is 5.26 Å². The summed E-state index contributed by atoms with van der Waals surface area (Å²) < 4.78 is 0. The zero-order valence-corrected chi connectivity index (χ0v) is 11.4. The van der Waals surface area contributed by atoms with Crippen LogP contribution in [0.15, 0.2) is 12.1 Å². The standard InChI is InChI=1S/C13H16ClN3O/c1-3-6-17(7-5-15)13(18)10-8-11(4-2)16-12(14)9-10/h8-9H,3-4,6-7H2,1-2H3. The first kappa shape index (κ1) is 14.5. The van der Waals surface area contributed by atoms with Gasteiger partial charge in [-0.2, -0.15) is 5.26 Å². The molecule has 1 heterocycles. The summed E-state index contributed by atoms with van der Waals surface area (Å²) in [4.78, 5) is 17.9. The Bertz CT molecular complexity index is 468. The highest BCUT2D eigenvalue weighted by Gasteiger charge is 2.16. The van der Waals surface area contributed by atoms with E-state index < -0.39 is 0 Å². The number of pyridine rings is 1. The summed E-state index contributed by atoms with van der Waals surface area (Å²) in [6.07, 6.45) is 1.53. The number of aromatic nitrogens is 1. The average molecular weight is 266 g/mol. The van der Waals surface area contributed by atoms with Gasteiger partial charge in [-0.05, 0) is 25.0 Å². The van der Waals surface area contributed by atoms with E-state index >= 15 is 0 Å². The molecule has 0 aliphatic heterocycles. The number of hydrogen-bond acceptors (Lipinski definition) is 3. The highest BCUT2D eigenvalue weighted by atomic mass is 35.5. The first-order chi connectivity index (χ1) is 8.62. The van der Waals surface area contributed by atoms with E-state index in [1.807, 2.05) is 19.9 Å². The van der Waals surface area contributed by atoms with Crippen LogP contribution in [0.2, 0.25) is 5.15 Å². The topological polar surface area (TPSA) is 57.0 Å². The quantitative estimate of drug-likeness (QED) is 0.607. The number of nitriles is 1. The van der Waals surface area contributed by atoms with Crippen molar-refractivity contribution in [2.24, 2.45) is 0 Å². The van der Waals surface area contributed by atoms with Gasteiger partial charge in [-0.3, -0.25) is 4.79 Å². The van der Waals surface area contributed by atoms with Gasteiger partial charge in [0.2, 0.25) is 0 Å². The third kappa shape index (κ3) is 3.71. The highest BCUT2D eigenvalue weighted by molar-refractivity contribution is 6.29. The molecule has 0 saturated carbocycles. The Morgan fingerprint density at radius 3 is 2.78 bits per heavy atom. The van der Waals surface area contributed by atoms with Crippen LogP contribution >= 0.6 is 11.6 Å². The van der Waals surface area contributed by atoms with Crippen molar-refractivity contribution in [2.75, 3.05) is 13.1 Å². The minimum Gasteiger partial charge on any atom is -0.325 e. The number of rotatable bonds is 5. The Morgan fingerprint density at radius 2 is 2.22 bits per heavy atom. The van der Waals surface area contributed by atoms with Crippen molar-refractivity contribution >= 4 is 17.5 Å². The van der Waals surface area contributed by atoms with Gasteiger partial charge in [-0.15, -0.1) is 0 Å². The fourth-order valence-electron chi connectivity index (χ4n) is 1.65. The van der Waals surface area contributed by atoms with Gasteiger partial charge in [0, 0.05) is 17.8 Å². The van der Waals surface area contributed by atoms with Crippen LogP contribution in [0.1, 0.15) is 36.3 Å². The molecule has 0 unspecified atom stereocenters. The Hall–Kier alpha value is -1.60. The van der Waals surface area contributed by atoms with Crippen LogP contribution < -0.4 is 0 Å². The van der Waals surface area contributed by atoms with Crippen molar-refractivity contribution < 1.29 is 4.79 Å². The molecule has 0 N–H and O–H groups in total. The second-order valence-electron chi connectivity index (χ2n) is 3.91. The second-order valence-corrected chi connectivity index (χ2v) is 4.30. The van der Waals surface area contributed by atoms with Crippen LogP contribution in [0.25, 0.3) is 0 Å². The van der Waals surface area contributed by atoms with Crippen LogP contribution in [-0.4, -0.2) is 28.9 Å². The van der Waals surface area contributed by atoms with E-state index in [1.165, 1.54) is 4.90 Å². The average Bonchev–Trinajstić information content (AvgIpc) is 2.36. The largest absolute Gasteiger partial charge is 0.325 e. The number of carbonyl (C=O) groups excluding carboxylic acids is 1. The van der Waals surface area contributed by atoms with Crippen LogP contribution in [0.4, 0.5) is 0 Å². The zero-order chi connectivity index (χ0) is 13.5. The molecule has 0 radical (unpaired) electrons. The Labute approximate surface area is 112 Å². The number of amides is 1. The molecule has 0 aliphatic rings. The van der Waals surface area contributed by atoms with Gasteiger partial charge >= 0.3 is 0 Å². The van der Waals surface area contributed by atoms with E-state index in [1.54, 1.807) is 12.1 Å². The van der Waals surface area contributed by atoms with Gasteiger partial charge in [-0.1, -0.05) is 25.4 Å². The molecule has 1 aromatic rings. The molecule has 0 spiro atoms. The Balaban J connectivity index is 3.00. The van der Waals surface area contributed by atoms with Crippen LogP contribution in [0.3, 0.4) is 0 Å². The summed E-state index contributed by atoms with van der Waals surface area (Å²) in [7, 11) is 0. The monoisotopic (exact) mass is 265 g/mol. The molecule has 5 heteroatoms. The lowest BCUT2D eigenvalue weighted by molar-refractivity contribution is 0.0776.